The molecule has 0 radical (unpaired) electrons. The number of hydrogen-bond donors (Lipinski definition) is 1. The van der Waals surface area contributed by atoms with Crippen molar-refractivity contribution in [2.24, 2.45) is 11.1 Å². The highest BCUT2D eigenvalue weighted by atomic mass is 16.7. The number of carbonyl (C=O) groups is 2. The van der Waals surface area contributed by atoms with E-state index in [1.807, 2.05) is 26.8 Å². The largest absolute Gasteiger partial charge is 0.473 e. The minimum absolute atomic E-state index is 0.0150. The Hall–Kier alpha value is -2.96. The fourth-order valence-corrected chi connectivity index (χ4v) is 8.16. The summed E-state index contributed by atoms with van der Waals surface area (Å²) < 4.78 is 24.6. The van der Waals surface area contributed by atoms with Crippen molar-refractivity contribution in [1.29, 1.82) is 0 Å². The van der Waals surface area contributed by atoms with Gasteiger partial charge in [0, 0.05) is 50.3 Å². The lowest BCUT2D eigenvalue weighted by Crippen LogP contribution is -2.58. The fraction of sp³-hybridized carbons (Fsp3) is 0.765. The molecule has 2 aliphatic carbocycles. The average Bonchev–Trinajstić information content (AvgIpc) is 3.68. The van der Waals surface area contributed by atoms with Crippen molar-refractivity contribution in [3.63, 3.8) is 0 Å². The van der Waals surface area contributed by atoms with Crippen LogP contribution in [0.3, 0.4) is 0 Å². The number of rotatable bonds is 5. The second-order valence-corrected chi connectivity index (χ2v) is 14.7. The topological polar surface area (TPSA) is 133 Å². The molecule has 12 heteroatoms. The Morgan fingerprint density at radius 2 is 1.72 bits per heavy atom. The Bertz CT molecular complexity index is 1330. The summed E-state index contributed by atoms with van der Waals surface area (Å²) in [4.78, 5) is 43.1. The normalized spacial score (nSPS) is 29.0. The SMILES string of the molecule is C[C@H](Oc1cc(N2CCN(C(=O)OC(C)(C)C)CC2)nc(C(N)=C2CCC[C@@]3(CCCCC34OCCO4)C2=O)n1)[C@@H]1CCCN1C. The number of allylic oxidation sites excluding steroid dienone is 1. The van der Waals surface area contributed by atoms with Gasteiger partial charge in [0.05, 0.1) is 24.3 Å². The van der Waals surface area contributed by atoms with Crippen LogP contribution in [0.5, 0.6) is 5.88 Å². The second-order valence-electron chi connectivity index (χ2n) is 14.7. The average molecular weight is 641 g/mol. The summed E-state index contributed by atoms with van der Waals surface area (Å²) >= 11 is 0. The molecule has 46 heavy (non-hydrogen) atoms. The van der Waals surface area contributed by atoms with Gasteiger partial charge in [-0.3, -0.25) is 9.69 Å². The minimum Gasteiger partial charge on any atom is -0.473 e. The maximum absolute atomic E-state index is 14.5. The molecule has 3 aliphatic heterocycles. The van der Waals surface area contributed by atoms with E-state index in [0.29, 0.717) is 74.6 Å². The van der Waals surface area contributed by atoms with Crippen molar-refractivity contribution in [3.05, 3.63) is 17.5 Å². The highest BCUT2D eigenvalue weighted by Crippen LogP contribution is 2.56. The zero-order valence-corrected chi connectivity index (χ0v) is 28.3. The molecule has 2 spiro atoms. The number of ketones is 1. The van der Waals surface area contributed by atoms with Gasteiger partial charge in [-0.05, 0) is 86.2 Å². The van der Waals surface area contributed by atoms with Crippen molar-refractivity contribution in [3.8, 4) is 5.88 Å². The van der Waals surface area contributed by atoms with Gasteiger partial charge in [0.2, 0.25) is 5.88 Å². The molecular weight excluding hydrogens is 588 g/mol. The van der Waals surface area contributed by atoms with Crippen LogP contribution in [-0.4, -0.2) is 108 Å². The number of ether oxygens (including phenoxy) is 4. The van der Waals surface area contributed by atoms with E-state index in [1.54, 1.807) is 4.90 Å². The molecule has 5 aliphatic rings. The molecule has 12 nitrogen and oxygen atoms in total. The van der Waals surface area contributed by atoms with E-state index in [1.165, 1.54) is 0 Å². The summed E-state index contributed by atoms with van der Waals surface area (Å²) in [6.07, 6.45) is 7.27. The Labute approximate surface area is 272 Å². The smallest absolute Gasteiger partial charge is 0.410 e. The predicted octanol–water partition coefficient (Wildman–Crippen LogP) is 4.12. The summed E-state index contributed by atoms with van der Waals surface area (Å²) in [6.45, 7) is 11.8. The molecule has 0 bridgehead atoms. The van der Waals surface area contributed by atoms with Gasteiger partial charge in [0.15, 0.2) is 17.4 Å². The van der Waals surface area contributed by atoms with Gasteiger partial charge in [-0.15, -0.1) is 0 Å². The first-order valence-electron chi connectivity index (χ1n) is 17.2. The number of likely N-dealkylation sites (tertiary alicyclic amines) is 1. The number of fused-ring (bicyclic) bond motifs is 1. The van der Waals surface area contributed by atoms with Crippen molar-refractivity contribution in [2.45, 2.75) is 109 Å². The number of aromatic nitrogens is 2. The third-order valence-corrected chi connectivity index (χ3v) is 10.5. The van der Waals surface area contributed by atoms with Crippen LogP contribution in [-0.2, 0) is 19.0 Å². The van der Waals surface area contributed by atoms with Gasteiger partial charge < -0.3 is 34.5 Å². The lowest BCUT2D eigenvalue weighted by Gasteiger charge is -2.51. The van der Waals surface area contributed by atoms with E-state index >= 15 is 0 Å². The predicted molar refractivity (Wildman–Crippen MR) is 173 cm³/mol. The summed E-state index contributed by atoms with van der Waals surface area (Å²) in [7, 11) is 2.13. The number of piperazine rings is 1. The van der Waals surface area contributed by atoms with Crippen LogP contribution in [0.15, 0.2) is 11.6 Å². The number of nitrogens with two attached hydrogens (primary N) is 1. The molecule has 4 heterocycles. The molecule has 5 fully saturated rings. The third kappa shape index (κ3) is 6.32. The first-order chi connectivity index (χ1) is 21.9. The van der Waals surface area contributed by atoms with Crippen LogP contribution in [0.1, 0.15) is 91.3 Å². The second kappa shape index (κ2) is 12.9. The van der Waals surface area contributed by atoms with E-state index in [0.717, 1.165) is 57.9 Å². The fourth-order valence-electron chi connectivity index (χ4n) is 8.16. The van der Waals surface area contributed by atoms with Crippen LogP contribution in [0.4, 0.5) is 10.6 Å². The highest BCUT2D eigenvalue weighted by Gasteiger charge is 2.62. The molecule has 254 valence electrons. The van der Waals surface area contributed by atoms with Gasteiger partial charge in [0.1, 0.15) is 17.5 Å². The number of amides is 1. The highest BCUT2D eigenvalue weighted by molar-refractivity contribution is 6.06. The zero-order chi connectivity index (χ0) is 32.7. The van der Waals surface area contributed by atoms with Crippen molar-refractivity contribution in [1.82, 2.24) is 19.8 Å². The quantitative estimate of drug-likeness (QED) is 0.466. The third-order valence-electron chi connectivity index (χ3n) is 10.5. The lowest BCUT2D eigenvalue weighted by molar-refractivity contribution is -0.251. The number of nitrogens with zero attached hydrogens (tertiary/aromatic N) is 5. The van der Waals surface area contributed by atoms with Crippen molar-refractivity contribution >= 4 is 23.4 Å². The van der Waals surface area contributed by atoms with E-state index in [-0.39, 0.29) is 24.0 Å². The Morgan fingerprint density at radius 1 is 1.02 bits per heavy atom. The molecular formula is C34H52N6O6. The summed E-state index contributed by atoms with van der Waals surface area (Å²) in [5.41, 5.74) is 6.47. The monoisotopic (exact) mass is 640 g/mol. The number of hydrogen-bond acceptors (Lipinski definition) is 11. The number of likely N-dealkylation sites (N-methyl/N-ethyl adjacent to an activating group) is 1. The molecule has 6 rings (SSSR count). The van der Waals surface area contributed by atoms with E-state index < -0.39 is 16.8 Å². The van der Waals surface area contributed by atoms with Gasteiger partial charge in [0.25, 0.3) is 0 Å². The Morgan fingerprint density at radius 3 is 2.39 bits per heavy atom. The van der Waals surface area contributed by atoms with Gasteiger partial charge >= 0.3 is 6.09 Å². The molecule has 3 saturated heterocycles. The van der Waals surface area contributed by atoms with Crippen molar-refractivity contribution in [2.75, 3.05) is 57.9 Å². The minimum atomic E-state index is -0.873. The van der Waals surface area contributed by atoms with Crippen LogP contribution in [0.2, 0.25) is 0 Å². The van der Waals surface area contributed by atoms with Gasteiger partial charge in [-0.25, -0.2) is 9.78 Å². The standard InChI is InChI=1S/C34H52N6O6/c1-23(25-11-9-15-38(25)5)45-27-22-26(39-16-18-40(19-17-39)31(42)46-32(2,3)4)36-30(37-27)28(35)24-10-8-13-33(29(24)41)12-6-7-14-34(33)43-20-21-44-34/h22-23,25H,6-21,35H2,1-5H3/t23-,25-,33-/m0/s1. The number of anilines is 1. The first kappa shape index (κ1) is 33.0. The molecule has 1 amide bonds. The molecule has 3 atom stereocenters. The van der Waals surface area contributed by atoms with Crippen LogP contribution in [0.25, 0.3) is 5.70 Å². The number of Topliss-reactive ketones (excluding diaryl/α,β-unsaturated/α-hetero) is 1. The first-order valence-corrected chi connectivity index (χ1v) is 17.2. The molecule has 0 unspecified atom stereocenters. The molecule has 2 N–H and O–H groups in total. The maximum Gasteiger partial charge on any atom is 0.410 e. The van der Waals surface area contributed by atoms with E-state index in [2.05, 4.69) is 23.8 Å². The Kier molecular flexibility index (Phi) is 9.26. The molecule has 1 aromatic rings. The lowest BCUT2D eigenvalue weighted by atomic mass is 9.59. The van der Waals surface area contributed by atoms with Gasteiger partial charge in [-0.2, -0.15) is 4.98 Å². The van der Waals surface area contributed by atoms with Crippen molar-refractivity contribution < 1.29 is 28.5 Å². The number of carbonyl (C=O) groups excluding carboxylic acids is 2. The van der Waals surface area contributed by atoms with Gasteiger partial charge in [-0.1, -0.05) is 6.42 Å². The van der Waals surface area contributed by atoms with Crippen LogP contribution >= 0.6 is 0 Å². The van der Waals surface area contributed by atoms with E-state index in [9.17, 15) is 9.59 Å². The Balaban J connectivity index is 1.30. The van der Waals surface area contributed by atoms with E-state index in [4.69, 9.17) is 34.6 Å². The summed E-state index contributed by atoms with van der Waals surface area (Å²) in [6, 6.07) is 2.14. The summed E-state index contributed by atoms with van der Waals surface area (Å²) in [5, 5.41) is 0. The molecule has 1 aromatic heterocycles. The van der Waals surface area contributed by atoms with Crippen LogP contribution in [0, 0.1) is 5.41 Å². The summed E-state index contributed by atoms with van der Waals surface area (Å²) in [5.74, 6) is 0.533. The van der Waals surface area contributed by atoms with Crippen LogP contribution < -0.4 is 15.4 Å². The zero-order valence-electron chi connectivity index (χ0n) is 28.3. The molecule has 0 aromatic carbocycles. The molecule has 2 saturated carbocycles. The maximum atomic E-state index is 14.5.